The summed E-state index contributed by atoms with van der Waals surface area (Å²) in [6, 6.07) is 3.28. The quantitative estimate of drug-likeness (QED) is 0.772. The standard InChI is InChI=1S/C17H24N2O5/c1-6-10(2)13(16(23)24-17(3,4)5)19-14(20)11-8-7-9-12(18-11)15(21)22/h7-10,13H,6H2,1-5H3,(H,19,20)(H,21,22)/t10-,13-/m0/s1. The van der Waals surface area contributed by atoms with Gasteiger partial charge in [-0.2, -0.15) is 0 Å². The smallest absolute Gasteiger partial charge is 0.354 e. The van der Waals surface area contributed by atoms with Crippen LogP contribution in [0.4, 0.5) is 0 Å². The van der Waals surface area contributed by atoms with Gasteiger partial charge in [0.1, 0.15) is 23.0 Å². The summed E-state index contributed by atoms with van der Waals surface area (Å²) in [5.74, 6) is -2.52. The second kappa shape index (κ2) is 7.90. The Balaban J connectivity index is 2.98. The van der Waals surface area contributed by atoms with E-state index in [4.69, 9.17) is 9.84 Å². The van der Waals surface area contributed by atoms with Crippen LogP contribution < -0.4 is 5.32 Å². The molecule has 0 unspecified atom stereocenters. The van der Waals surface area contributed by atoms with Crippen LogP contribution in [0.15, 0.2) is 18.2 Å². The fraction of sp³-hybridized carbons (Fsp3) is 0.529. The summed E-state index contributed by atoms with van der Waals surface area (Å²) >= 11 is 0. The van der Waals surface area contributed by atoms with Crippen molar-refractivity contribution in [1.29, 1.82) is 0 Å². The molecule has 0 spiro atoms. The van der Waals surface area contributed by atoms with Crippen molar-refractivity contribution in [2.75, 3.05) is 0 Å². The van der Waals surface area contributed by atoms with Gasteiger partial charge in [-0.25, -0.2) is 14.6 Å². The number of nitrogens with zero attached hydrogens (tertiary/aromatic N) is 1. The number of carbonyl (C=O) groups excluding carboxylic acids is 2. The number of carbonyl (C=O) groups is 3. The fourth-order valence-electron chi connectivity index (χ4n) is 1.93. The summed E-state index contributed by atoms with van der Waals surface area (Å²) in [6.45, 7) is 8.97. The third kappa shape index (κ3) is 5.64. The van der Waals surface area contributed by atoms with Crippen molar-refractivity contribution < 1.29 is 24.2 Å². The summed E-state index contributed by atoms with van der Waals surface area (Å²) in [5.41, 5.74) is -0.971. The van der Waals surface area contributed by atoms with Gasteiger partial charge in [0, 0.05) is 0 Å². The fourth-order valence-corrected chi connectivity index (χ4v) is 1.93. The number of pyridine rings is 1. The molecule has 1 rings (SSSR count). The molecule has 1 aromatic heterocycles. The maximum atomic E-state index is 12.3. The molecule has 7 nitrogen and oxygen atoms in total. The Labute approximate surface area is 141 Å². The molecule has 0 saturated carbocycles. The number of aromatic nitrogens is 1. The number of ether oxygens (including phenoxy) is 1. The van der Waals surface area contributed by atoms with Crippen LogP contribution in [-0.2, 0) is 9.53 Å². The first-order chi connectivity index (χ1) is 11.0. The van der Waals surface area contributed by atoms with Gasteiger partial charge >= 0.3 is 11.9 Å². The lowest BCUT2D eigenvalue weighted by molar-refractivity contribution is -0.158. The molecule has 0 aromatic carbocycles. The van der Waals surface area contributed by atoms with Crippen molar-refractivity contribution in [3.05, 3.63) is 29.6 Å². The molecule has 1 heterocycles. The van der Waals surface area contributed by atoms with Crippen molar-refractivity contribution in [3.63, 3.8) is 0 Å². The lowest BCUT2D eigenvalue weighted by Gasteiger charge is -2.27. The van der Waals surface area contributed by atoms with Crippen LogP contribution in [0.2, 0.25) is 0 Å². The first kappa shape index (κ1) is 19.6. The van der Waals surface area contributed by atoms with E-state index in [1.807, 2.05) is 13.8 Å². The Morgan fingerprint density at radius 1 is 1.25 bits per heavy atom. The van der Waals surface area contributed by atoms with E-state index in [1.54, 1.807) is 20.8 Å². The molecule has 0 aliphatic heterocycles. The molecule has 2 N–H and O–H groups in total. The molecule has 24 heavy (non-hydrogen) atoms. The predicted octanol–water partition coefficient (Wildman–Crippen LogP) is 2.27. The molecule has 0 aliphatic carbocycles. The van der Waals surface area contributed by atoms with E-state index >= 15 is 0 Å². The number of esters is 1. The van der Waals surface area contributed by atoms with E-state index in [0.717, 1.165) is 0 Å². The van der Waals surface area contributed by atoms with Crippen LogP contribution in [0.5, 0.6) is 0 Å². The molecule has 0 radical (unpaired) electrons. The molecule has 1 aromatic rings. The summed E-state index contributed by atoms with van der Waals surface area (Å²) in [4.78, 5) is 39.4. The van der Waals surface area contributed by atoms with Gasteiger partial charge in [-0.15, -0.1) is 0 Å². The number of aromatic carboxylic acids is 1. The molecule has 0 saturated heterocycles. The SMILES string of the molecule is CC[C@H](C)[C@H](NC(=O)c1cccc(C(=O)O)n1)C(=O)OC(C)(C)C. The third-order valence-electron chi connectivity index (χ3n) is 3.36. The number of carboxylic acids is 1. The van der Waals surface area contributed by atoms with Gasteiger partial charge in [0.25, 0.3) is 5.91 Å². The van der Waals surface area contributed by atoms with Crippen molar-refractivity contribution >= 4 is 17.8 Å². The summed E-state index contributed by atoms with van der Waals surface area (Å²) < 4.78 is 5.35. The molecular formula is C17H24N2O5. The Morgan fingerprint density at radius 3 is 2.33 bits per heavy atom. The average molecular weight is 336 g/mol. The van der Waals surface area contributed by atoms with Crippen molar-refractivity contribution in [1.82, 2.24) is 10.3 Å². The minimum Gasteiger partial charge on any atom is -0.477 e. The number of hydrogen-bond acceptors (Lipinski definition) is 5. The first-order valence-electron chi connectivity index (χ1n) is 7.79. The number of nitrogens with one attached hydrogen (secondary N) is 1. The Morgan fingerprint density at radius 2 is 1.83 bits per heavy atom. The molecular weight excluding hydrogens is 312 g/mol. The van der Waals surface area contributed by atoms with Gasteiger partial charge in [0.05, 0.1) is 0 Å². The topological polar surface area (TPSA) is 106 Å². The molecule has 1 amide bonds. The highest BCUT2D eigenvalue weighted by Gasteiger charge is 2.31. The maximum absolute atomic E-state index is 12.3. The van der Waals surface area contributed by atoms with Gasteiger partial charge in [0.2, 0.25) is 0 Å². The van der Waals surface area contributed by atoms with E-state index in [9.17, 15) is 14.4 Å². The van der Waals surface area contributed by atoms with E-state index < -0.39 is 29.5 Å². The Hall–Kier alpha value is -2.44. The number of hydrogen-bond donors (Lipinski definition) is 2. The molecule has 7 heteroatoms. The van der Waals surface area contributed by atoms with Crippen LogP contribution in [0.1, 0.15) is 62.0 Å². The highest BCUT2D eigenvalue weighted by Crippen LogP contribution is 2.15. The van der Waals surface area contributed by atoms with E-state index in [1.165, 1.54) is 18.2 Å². The van der Waals surface area contributed by atoms with Crippen molar-refractivity contribution in [3.8, 4) is 0 Å². The summed E-state index contributed by atoms with van der Waals surface area (Å²) in [7, 11) is 0. The summed E-state index contributed by atoms with van der Waals surface area (Å²) in [6.07, 6.45) is 0.660. The van der Waals surface area contributed by atoms with Crippen LogP contribution in [0, 0.1) is 5.92 Å². The molecule has 0 aliphatic rings. The molecule has 2 atom stereocenters. The van der Waals surface area contributed by atoms with Crippen LogP contribution in [-0.4, -0.2) is 39.6 Å². The average Bonchev–Trinajstić information content (AvgIpc) is 2.49. The van der Waals surface area contributed by atoms with Crippen LogP contribution in [0.25, 0.3) is 0 Å². The highest BCUT2D eigenvalue weighted by molar-refractivity contribution is 5.96. The Kier molecular flexibility index (Phi) is 6.45. The largest absolute Gasteiger partial charge is 0.477 e. The lowest BCUT2D eigenvalue weighted by Crippen LogP contribution is -2.48. The van der Waals surface area contributed by atoms with Crippen LogP contribution in [0.3, 0.4) is 0 Å². The van der Waals surface area contributed by atoms with Gasteiger partial charge in [-0.3, -0.25) is 4.79 Å². The van der Waals surface area contributed by atoms with E-state index in [-0.39, 0.29) is 17.3 Å². The highest BCUT2D eigenvalue weighted by atomic mass is 16.6. The predicted molar refractivity (Wildman–Crippen MR) is 87.8 cm³/mol. The zero-order valence-electron chi connectivity index (χ0n) is 14.6. The van der Waals surface area contributed by atoms with Gasteiger partial charge in [-0.05, 0) is 38.8 Å². The maximum Gasteiger partial charge on any atom is 0.354 e. The zero-order chi connectivity index (χ0) is 18.5. The lowest BCUT2D eigenvalue weighted by atomic mass is 9.98. The normalized spacial score (nSPS) is 13.7. The minimum atomic E-state index is -1.23. The number of carboxylic acid groups (broad SMARTS) is 1. The number of rotatable bonds is 6. The molecule has 0 fully saturated rings. The monoisotopic (exact) mass is 336 g/mol. The minimum absolute atomic E-state index is 0.0632. The zero-order valence-corrected chi connectivity index (χ0v) is 14.6. The van der Waals surface area contributed by atoms with Crippen molar-refractivity contribution in [2.24, 2.45) is 5.92 Å². The number of amides is 1. The summed E-state index contributed by atoms with van der Waals surface area (Å²) in [5, 5.41) is 11.6. The molecule has 0 bridgehead atoms. The third-order valence-corrected chi connectivity index (χ3v) is 3.36. The van der Waals surface area contributed by atoms with Crippen molar-refractivity contribution in [2.45, 2.75) is 52.7 Å². The van der Waals surface area contributed by atoms with E-state index in [0.29, 0.717) is 6.42 Å². The second-order valence-electron chi connectivity index (χ2n) is 6.58. The van der Waals surface area contributed by atoms with Crippen LogP contribution >= 0.6 is 0 Å². The van der Waals surface area contributed by atoms with Gasteiger partial charge in [-0.1, -0.05) is 26.3 Å². The van der Waals surface area contributed by atoms with E-state index in [2.05, 4.69) is 10.3 Å². The Bertz CT molecular complexity index is 622. The molecule has 132 valence electrons. The van der Waals surface area contributed by atoms with Gasteiger partial charge < -0.3 is 15.2 Å². The second-order valence-corrected chi connectivity index (χ2v) is 6.58. The first-order valence-corrected chi connectivity index (χ1v) is 7.79. The van der Waals surface area contributed by atoms with Gasteiger partial charge in [0.15, 0.2) is 0 Å².